The van der Waals surface area contributed by atoms with Gasteiger partial charge in [-0.15, -0.1) is 0 Å². The number of aliphatic hydroxyl groups excluding tert-OH is 1. The highest BCUT2D eigenvalue weighted by Crippen LogP contribution is 2.45. The number of rotatable bonds is 0. The molecule has 1 aliphatic heterocycles. The molecule has 1 aliphatic rings. The molecule has 0 spiro atoms. The molecule has 3 nitrogen and oxygen atoms in total. The Hall–Kier alpha value is -0.400. The Balaban J connectivity index is 0.000000673. The number of ether oxygens (including phenoxy) is 2. The molecular weight excluding hydrogens is 232 g/mol. The van der Waals surface area contributed by atoms with Crippen LogP contribution in [0.3, 0.4) is 0 Å². The lowest BCUT2D eigenvalue weighted by atomic mass is 10.1. The van der Waals surface area contributed by atoms with Gasteiger partial charge in [-0.2, -0.15) is 8.78 Å². The number of hydrogen-bond acceptors (Lipinski definition) is 3. The Morgan fingerprint density at radius 2 is 1.50 bits per heavy atom. The van der Waals surface area contributed by atoms with Crippen LogP contribution in [0.5, 0.6) is 0 Å². The van der Waals surface area contributed by atoms with Crippen molar-refractivity contribution in [1.29, 1.82) is 0 Å². The van der Waals surface area contributed by atoms with Gasteiger partial charge in [-0.25, -0.2) is 8.78 Å². The summed E-state index contributed by atoms with van der Waals surface area (Å²) in [4.78, 5) is 0. The van der Waals surface area contributed by atoms with Gasteiger partial charge in [0.2, 0.25) is 0 Å². The van der Waals surface area contributed by atoms with Crippen LogP contribution in [0, 0.1) is 0 Å². The fourth-order valence-electron chi connectivity index (χ4n) is 0.936. The van der Waals surface area contributed by atoms with Crippen LogP contribution in [0.25, 0.3) is 0 Å². The molecule has 0 amide bonds. The lowest BCUT2D eigenvalue weighted by Gasteiger charge is -2.44. The van der Waals surface area contributed by atoms with Gasteiger partial charge < -0.3 is 9.84 Å². The Morgan fingerprint density at radius 3 is 1.81 bits per heavy atom. The lowest BCUT2D eigenvalue weighted by Crippen LogP contribution is -2.61. The summed E-state index contributed by atoms with van der Waals surface area (Å²) in [6, 6.07) is 0. The summed E-state index contributed by atoms with van der Waals surface area (Å²) < 4.78 is 59.5. The molecule has 16 heavy (non-hydrogen) atoms. The largest absolute Gasteiger partial charge is 0.397 e. The van der Waals surface area contributed by atoms with Crippen LogP contribution in [0.1, 0.15) is 27.7 Å². The highest BCUT2D eigenvalue weighted by atomic mass is 19.3. The first-order valence-electron chi connectivity index (χ1n) is 4.74. The molecule has 0 bridgehead atoms. The normalized spacial score (nSPS) is 42.2. The molecule has 3 unspecified atom stereocenters. The van der Waals surface area contributed by atoms with E-state index in [9.17, 15) is 17.6 Å². The van der Waals surface area contributed by atoms with Crippen LogP contribution >= 0.6 is 0 Å². The summed E-state index contributed by atoms with van der Waals surface area (Å²) in [5, 5.41) is 7.57. The summed E-state index contributed by atoms with van der Waals surface area (Å²) >= 11 is 0. The Labute approximate surface area is 91.3 Å². The third-order valence-electron chi connectivity index (χ3n) is 2.00. The summed E-state index contributed by atoms with van der Waals surface area (Å²) in [5.74, 6) is -6.02. The van der Waals surface area contributed by atoms with Crippen LogP contribution in [0.4, 0.5) is 17.6 Å². The zero-order valence-electron chi connectivity index (χ0n) is 9.56. The first-order chi connectivity index (χ1) is 7.00. The monoisotopic (exact) mass is 248 g/mol. The molecule has 0 radical (unpaired) electrons. The summed E-state index contributed by atoms with van der Waals surface area (Å²) in [5.41, 5.74) is 0. The van der Waals surface area contributed by atoms with E-state index in [2.05, 4.69) is 9.47 Å². The summed E-state index contributed by atoms with van der Waals surface area (Å²) in [6.07, 6.45) is -5.62. The van der Waals surface area contributed by atoms with E-state index in [0.717, 1.165) is 6.92 Å². The SMILES string of the molecule is CC1OC(C)(F)C(C)(F)OC1(F)F.CCO. The molecule has 0 aromatic carbocycles. The Kier molecular flexibility index (Phi) is 4.73. The molecule has 3 atom stereocenters. The van der Waals surface area contributed by atoms with E-state index in [1.807, 2.05) is 0 Å². The number of aliphatic hydroxyl groups is 1. The van der Waals surface area contributed by atoms with Crippen molar-refractivity contribution >= 4 is 0 Å². The zero-order valence-corrected chi connectivity index (χ0v) is 9.56. The van der Waals surface area contributed by atoms with Gasteiger partial charge in [-0.05, 0) is 13.8 Å². The first kappa shape index (κ1) is 15.6. The maximum atomic E-state index is 13.2. The molecule has 1 saturated heterocycles. The van der Waals surface area contributed by atoms with Crippen molar-refractivity contribution in [2.24, 2.45) is 0 Å². The number of hydrogen-bond donors (Lipinski definition) is 1. The second kappa shape index (κ2) is 4.85. The van der Waals surface area contributed by atoms with Crippen molar-refractivity contribution in [3.05, 3.63) is 0 Å². The molecule has 1 N–H and O–H groups in total. The van der Waals surface area contributed by atoms with E-state index in [0.29, 0.717) is 13.8 Å². The van der Waals surface area contributed by atoms with Crippen LogP contribution in [0.15, 0.2) is 0 Å². The molecule has 7 heteroatoms. The quantitative estimate of drug-likeness (QED) is 0.669. The van der Waals surface area contributed by atoms with E-state index < -0.39 is 23.9 Å². The first-order valence-corrected chi connectivity index (χ1v) is 4.74. The molecule has 1 fully saturated rings. The third kappa shape index (κ3) is 3.29. The molecule has 0 saturated carbocycles. The average molecular weight is 248 g/mol. The molecule has 1 heterocycles. The molecule has 0 aromatic rings. The van der Waals surface area contributed by atoms with Gasteiger partial charge >= 0.3 is 6.11 Å². The van der Waals surface area contributed by atoms with Gasteiger partial charge in [0.15, 0.2) is 0 Å². The smallest absolute Gasteiger partial charge is 0.384 e. The van der Waals surface area contributed by atoms with Crippen LogP contribution in [-0.4, -0.2) is 35.6 Å². The van der Waals surface area contributed by atoms with E-state index in [1.54, 1.807) is 6.92 Å². The maximum absolute atomic E-state index is 13.2. The van der Waals surface area contributed by atoms with E-state index in [-0.39, 0.29) is 6.61 Å². The molecule has 0 aromatic heterocycles. The molecule has 0 aliphatic carbocycles. The van der Waals surface area contributed by atoms with Crippen LogP contribution in [0.2, 0.25) is 0 Å². The zero-order chi connectivity index (χ0) is 13.2. The van der Waals surface area contributed by atoms with Crippen LogP contribution < -0.4 is 0 Å². The average Bonchev–Trinajstić information content (AvgIpc) is 2.00. The van der Waals surface area contributed by atoms with Crippen LogP contribution in [-0.2, 0) is 9.47 Å². The predicted molar refractivity (Wildman–Crippen MR) is 48.4 cm³/mol. The Bertz CT molecular complexity index is 231. The predicted octanol–water partition coefficient (Wildman–Crippen LogP) is 2.38. The fraction of sp³-hybridized carbons (Fsp3) is 1.00. The van der Waals surface area contributed by atoms with E-state index in [1.165, 1.54) is 0 Å². The van der Waals surface area contributed by atoms with Gasteiger partial charge in [-0.1, -0.05) is 0 Å². The minimum atomic E-state index is -3.81. The standard InChI is InChI=1S/C7H10F4O2.C2H6O/c1-4-7(10,11)13-6(3,9)5(2,8)12-4;1-2-3/h4H,1-3H3;3H,2H2,1H3. The number of halogens is 4. The van der Waals surface area contributed by atoms with Crippen molar-refractivity contribution in [1.82, 2.24) is 0 Å². The summed E-state index contributed by atoms with van der Waals surface area (Å²) in [6.45, 7) is 4.11. The van der Waals surface area contributed by atoms with Crippen molar-refractivity contribution in [3.8, 4) is 0 Å². The second-order valence-corrected chi connectivity index (χ2v) is 3.57. The maximum Gasteiger partial charge on any atom is 0.384 e. The summed E-state index contributed by atoms with van der Waals surface area (Å²) in [7, 11) is 0. The topological polar surface area (TPSA) is 38.7 Å². The molecule has 98 valence electrons. The van der Waals surface area contributed by atoms with Gasteiger partial charge in [0, 0.05) is 20.5 Å². The third-order valence-corrected chi connectivity index (χ3v) is 2.00. The van der Waals surface area contributed by atoms with Gasteiger partial charge in [-0.3, -0.25) is 4.74 Å². The molecular formula is C9H16F4O3. The molecule has 1 rings (SSSR count). The minimum absolute atomic E-state index is 0.250. The van der Waals surface area contributed by atoms with Crippen molar-refractivity contribution in [2.75, 3.05) is 6.61 Å². The lowest BCUT2D eigenvalue weighted by molar-refractivity contribution is -0.475. The highest BCUT2D eigenvalue weighted by Gasteiger charge is 2.63. The second-order valence-electron chi connectivity index (χ2n) is 3.57. The van der Waals surface area contributed by atoms with Gasteiger partial charge in [0.1, 0.15) is 6.10 Å². The van der Waals surface area contributed by atoms with Gasteiger partial charge in [0.05, 0.1) is 0 Å². The van der Waals surface area contributed by atoms with E-state index in [4.69, 9.17) is 5.11 Å². The van der Waals surface area contributed by atoms with Crippen molar-refractivity contribution in [2.45, 2.75) is 51.6 Å². The number of alkyl halides is 4. The van der Waals surface area contributed by atoms with Gasteiger partial charge in [0.25, 0.3) is 11.7 Å². The minimum Gasteiger partial charge on any atom is -0.397 e. The van der Waals surface area contributed by atoms with E-state index >= 15 is 0 Å². The van der Waals surface area contributed by atoms with Crippen molar-refractivity contribution in [3.63, 3.8) is 0 Å². The van der Waals surface area contributed by atoms with Crippen molar-refractivity contribution < 1.29 is 32.1 Å². The fourth-order valence-corrected chi connectivity index (χ4v) is 0.936. The highest BCUT2D eigenvalue weighted by molar-refractivity contribution is 4.87. The Morgan fingerprint density at radius 1 is 1.12 bits per heavy atom.